The Morgan fingerprint density at radius 1 is 1.07 bits per heavy atom. The lowest BCUT2D eigenvalue weighted by molar-refractivity contribution is 0.102. The molecule has 27 heavy (non-hydrogen) atoms. The van der Waals surface area contributed by atoms with Crippen LogP contribution in [-0.2, 0) is 0 Å². The monoisotopic (exact) mass is 358 g/mol. The number of nitrogens with one attached hydrogen (secondary N) is 1. The first kappa shape index (κ1) is 16.7. The van der Waals surface area contributed by atoms with Gasteiger partial charge in [-0.2, -0.15) is 10.2 Å². The van der Waals surface area contributed by atoms with E-state index in [0.717, 1.165) is 11.4 Å². The molecule has 4 aromatic rings. The molecule has 0 saturated heterocycles. The first-order valence-corrected chi connectivity index (χ1v) is 8.52. The molecule has 0 fully saturated rings. The topological polar surface area (TPSA) is 77.6 Å². The molecule has 3 heterocycles. The van der Waals surface area contributed by atoms with Crippen LogP contribution in [0.3, 0.4) is 0 Å². The Labute approximate surface area is 156 Å². The zero-order valence-electron chi connectivity index (χ0n) is 15.0. The number of aromatic nitrogens is 5. The second-order valence-electron chi connectivity index (χ2n) is 6.17. The van der Waals surface area contributed by atoms with Crippen LogP contribution in [0.15, 0.2) is 67.1 Å². The molecule has 1 aromatic carbocycles. The largest absolute Gasteiger partial charge is 0.321 e. The van der Waals surface area contributed by atoms with Gasteiger partial charge in [0.05, 0.1) is 28.8 Å². The smallest absolute Gasteiger partial charge is 0.257 e. The molecule has 0 radical (unpaired) electrons. The highest BCUT2D eigenvalue weighted by Gasteiger charge is 2.13. The Kier molecular flexibility index (Phi) is 4.25. The number of para-hydroxylation sites is 1. The summed E-state index contributed by atoms with van der Waals surface area (Å²) in [5.41, 5.74) is 3.79. The van der Waals surface area contributed by atoms with Crippen molar-refractivity contribution in [2.45, 2.75) is 13.8 Å². The summed E-state index contributed by atoms with van der Waals surface area (Å²) in [6.07, 6.45) is 5.10. The molecule has 0 atom stereocenters. The molecule has 134 valence electrons. The molecule has 0 bridgehead atoms. The number of hydrogen-bond acceptors (Lipinski definition) is 4. The Balaban J connectivity index is 1.57. The van der Waals surface area contributed by atoms with E-state index in [1.165, 1.54) is 0 Å². The average Bonchev–Trinajstić information content (AvgIpc) is 3.32. The Morgan fingerprint density at radius 3 is 2.59 bits per heavy atom. The van der Waals surface area contributed by atoms with Gasteiger partial charge in [0.25, 0.3) is 5.91 Å². The van der Waals surface area contributed by atoms with E-state index >= 15 is 0 Å². The van der Waals surface area contributed by atoms with Crippen LogP contribution in [0.2, 0.25) is 0 Å². The Hall–Kier alpha value is -3.74. The van der Waals surface area contributed by atoms with Crippen molar-refractivity contribution in [2.75, 3.05) is 5.32 Å². The first-order valence-electron chi connectivity index (χ1n) is 8.52. The van der Waals surface area contributed by atoms with Crippen molar-refractivity contribution in [1.29, 1.82) is 0 Å². The number of pyridine rings is 1. The van der Waals surface area contributed by atoms with Crippen LogP contribution >= 0.6 is 0 Å². The molecule has 1 N–H and O–H groups in total. The Morgan fingerprint density at radius 2 is 1.93 bits per heavy atom. The van der Waals surface area contributed by atoms with E-state index in [0.29, 0.717) is 22.8 Å². The molecule has 0 spiro atoms. The fraction of sp³-hybridized carbons (Fsp3) is 0.100. The minimum atomic E-state index is -0.221. The summed E-state index contributed by atoms with van der Waals surface area (Å²) >= 11 is 0. The lowest BCUT2D eigenvalue weighted by Gasteiger charge is -2.10. The van der Waals surface area contributed by atoms with E-state index < -0.39 is 0 Å². The van der Waals surface area contributed by atoms with Crippen molar-refractivity contribution < 1.29 is 4.79 Å². The number of rotatable bonds is 4. The van der Waals surface area contributed by atoms with Gasteiger partial charge in [0.2, 0.25) is 0 Å². The zero-order valence-corrected chi connectivity index (χ0v) is 15.0. The van der Waals surface area contributed by atoms with Gasteiger partial charge >= 0.3 is 0 Å². The molecule has 0 aliphatic carbocycles. The molecule has 3 aromatic heterocycles. The number of benzene rings is 1. The Bertz CT molecular complexity index is 1080. The summed E-state index contributed by atoms with van der Waals surface area (Å²) in [6.45, 7) is 3.92. The quantitative estimate of drug-likeness (QED) is 0.607. The first-order chi connectivity index (χ1) is 13.1. The van der Waals surface area contributed by atoms with Crippen LogP contribution in [0, 0.1) is 13.8 Å². The van der Waals surface area contributed by atoms with Gasteiger partial charge in [-0.3, -0.25) is 4.79 Å². The third-order valence-electron chi connectivity index (χ3n) is 4.13. The van der Waals surface area contributed by atoms with Crippen LogP contribution < -0.4 is 5.32 Å². The summed E-state index contributed by atoms with van der Waals surface area (Å²) in [4.78, 5) is 17.2. The minimum absolute atomic E-state index is 0.221. The number of hydrogen-bond donors (Lipinski definition) is 1. The summed E-state index contributed by atoms with van der Waals surface area (Å²) in [6, 6.07) is 14.8. The van der Waals surface area contributed by atoms with Gasteiger partial charge in [-0.1, -0.05) is 12.1 Å². The molecular formula is C20H18N6O. The van der Waals surface area contributed by atoms with E-state index in [2.05, 4.69) is 20.5 Å². The predicted octanol–water partition coefficient (Wildman–Crippen LogP) is 3.32. The van der Waals surface area contributed by atoms with Crippen molar-refractivity contribution in [3.05, 3.63) is 84.1 Å². The predicted molar refractivity (Wildman–Crippen MR) is 102 cm³/mol. The number of nitrogens with zero attached hydrogens (tertiary/aromatic N) is 5. The fourth-order valence-electron chi connectivity index (χ4n) is 2.92. The van der Waals surface area contributed by atoms with E-state index in [1.807, 2.05) is 56.3 Å². The standard InChI is InChI=1S/C20H18N6O/c1-14-12-15(2)26(24-14)19-9-8-16(13-21-19)23-20(27)17-6-3-4-7-18(17)25-11-5-10-22-25/h3-13H,1-2H3,(H,23,27). The number of anilines is 1. The maximum atomic E-state index is 12.7. The van der Waals surface area contributed by atoms with Gasteiger partial charge < -0.3 is 5.32 Å². The molecule has 0 unspecified atom stereocenters. The lowest BCUT2D eigenvalue weighted by atomic mass is 10.1. The zero-order chi connectivity index (χ0) is 18.8. The second-order valence-corrected chi connectivity index (χ2v) is 6.17. The van der Waals surface area contributed by atoms with Gasteiger partial charge in [-0.05, 0) is 50.2 Å². The molecule has 0 aliphatic rings. The molecule has 7 nitrogen and oxygen atoms in total. The third-order valence-corrected chi connectivity index (χ3v) is 4.13. The lowest BCUT2D eigenvalue weighted by Crippen LogP contribution is -2.15. The van der Waals surface area contributed by atoms with Gasteiger partial charge in [0.1, 0.15) is 0 Å². The van der Waals surface area contributed by atoms with Crippen molar-refractivity contribution >= 4 is 11.6 Å². The van der Waals surface area contributed by atoms with Crippen LogP contribution in [0.5, 0.6) is 0 Å². The van der Waals surface area contributed by atoms with Crippen LogP contribution in [0.4, 0.5) is 5.69 Å². The molecule has 0 saturated carbocycles. The van der Waals surface area contributed by atoms with Gasteiger partial charge in [-0.25, -0.2) is 14.3 Å². The van der Waals surface area contributed by atoms with Crippen LogP contribution in [-0.4, -0.2) is 30.5 Å². The highest BCUT2D eigenvalue weighted by atomic mass is 16.1. The molecule has 0 aliphatic heterocycles. The van der Waals surface area contributed by atoms with E-state index in [4.69, 9.17) is 0 Å². The average molecular weight is 358 g/mol. The van der Waals surface area contributed by atoms with E-state index in [-0.39, 0.29) is 5.91 Å². The maximum Gasteiger partial charge on any atom is 0.257 e. The highest BCUT2D eigenvalue weighted by Crippen LogP contribution is 2.17. The van der Waals surface area contributed by atoms with Gasteiger partial charge in [0.15, 0.2) is 5.82 Å². The molecule has 4 rings (SSSR count). The number of amides is 1. The van der Waals surface area contributed by atoms with Crippen molar-refractivity contribution in [3.8, 4) is 11.5 Å². The number of aryl methyl sites for hydroxylation is 2. The van der Waals surface area contributed by atoms with Crippen LogP contribution in [0.25, 0.3) is 11.5 Å². The van der Waals surface area contributed by atoms with Crippen LogP contribution in [0.1, 0.15) is 21.7 Å². The van der Waals surface area contributed by atoms with Gasteiger partial charge in [-0.15, -0.1) is 0 Å². The second kappa shape index (κ2) is 6.87. The van der Waals surface area contributed by atoms with E-state index in [1.54, 1.807) is 34.0 Å². The van der Waals surface area contributed by atoms with E-state index in [9.17, 15) is 4.79 Å². The molecule has 1 amide bonds. The maximum absolute atomic E-state index is 12.7. The normalized spacial score (nSPS) is 10.7. The summed E-state index contributed by atoms with van der Waals surface area (Å²) in [5, 5.41) is 11.5. The van der Waals surface area contributed by atoms with Crippen molar-refractivity contribution in [2.24, 2.45) is 0 Å². The highest BCUT2D eigenvalue weighted by molar-refractivity contribution is 6.06. The summed E-state index contributed by atoms with van der Waals surface area (Å²) < 4.78 is 3.44. The SMILES string of the molecule is Cc1cc(C)n(-c2ccc(NC(=O)c3ccccc3-n3cccn3)cn2)n1. The van der Waals surface area contributed by atoms with Crippen molar-refractivity contribution in [3.63, 3.8) is 0 Å². The van der Waals surface area contributed by atoms with Gasteiger partial charge in [0, 0.05) is 18.1 Å². The fourth-order valence-corrected chi connectivity index (χ4v) is 2.92. The number of carbonyl (C=O) groups is 1. The summed E-state index contributed by atoms with van der Waals surface area (Å²) in [5.74, 6) is 0.484. The molecular weight excluding hydrogens is 340 g/mol. The molecule has 7 heteroatoms. The number of carbonyl (C=O) groups excluding carboxylic acids is 1. The van der Waals surface area contributed by atoms with Crippen molar-refractivity contribution in [1.82, 2.24) is 24.5 Å². The third kappa shape index (κ3) is 3.35. The summed E-state index contributed by atoms with van der Waals surface area (Å²) in [7, 11) is 0. The minimum Gasteiger partial charge on any atom is -0.321 e.